The molecule has 1 rings (SSSR count). The highest BCUT2D eigenvalue weighted by Crippen LogP contribution is 2.31. The Morgan fingerprint density at radius 3 is 2.54 bits per heavy atom. The van der Waals surface area contributed by atoms with Crippen LogP contribution < -0.4 is 0 Å². The maximum Gasteiger partial charge on any atom is 0.210 e. The van der Waals surface area contributed by atoms with Crippen molar-refractivity contribution in [1.82, 2.24) is 4.90 Å². The van der Waals surface area contributed by atoms with Crippen LogP contribution in [-0.2, 0) is 9.59 Å². The van der Waals surface area contributed by atoms with Crippen LogP contribution in [0.25, 0.3) is 0 Å². The molecule has 1 aliphatic heterocycles. The summed E-state index contributed by atoms with van der Waals surface area (Å²) >= 11 is 0. The van der Waals surface area contributed by atoms with E-state index in [0.29, 0.717) is 25.7 Å². The van der Waals surface area contributed by atoms with E-state index in [9.17, 15) is 9.59 Å². The number of aldehydes is 1. The average Bonchev–Trinajstić information content (AvgIpc) is 2.42. The highest BCUT2D eigenvalue weighted by molar-refractivity contribution is 6.05. The van der Waals surface area contributed by atoms with Gasteiger partial charge in [-0.15, -0.1) is 0 Å². The Hall–Kier alpha value is -1.19. The molecule has 1 N–H and O–H groups in total. The largest absolute Gasteiger partial charge is 0.327 e. The Morgan fingerprint density at radius 2 is 2.23 bits per heavy atom. The summed E-state index contributed by atoms with van der Waals surface area (Å²) < 4.78 is 0. The highest BCUT2D eigenvalue weighted by Gasteiger charge is 2.45. The maximum atomic E-state index is 10.9. The van der Waals surface area contributed by atoms with Gasteiger partial charge in [-0.25, -0.2) is 0 Å². The van der Waals surface area contributed by atoms with Crippen LogP contribution in [0, 0.1) is 11.3 Å². The first kappa shape index (κ1) is 9.89. The lowest BCUT2D eigenvalue weighted by Gasteiger charge is -2.29. The first-order chi connectivity index (χ1) is 6.06. The normalized spacial score (nSPS) is 33.1. The summed E-state index contributed by atoms with van der Waals surface area (Å²) in [6.07, 6.45) is 1.95. The van der Waals surface area contributed by atoms with Gasteiger partial charge >= 0.3 is 0 Å². The van der Waals surface area contributed by atoms with Crippen LogP contribution in [0.15, 0.2) is 0 Å². The van der Waals surface area contributed by atoms with E-state index in [4.69, 9.17) is 5.41 Å². The van der Waals surface area contributed by atoms with Crippen molar-refractivity contribution >= 4 is 18.4 Å². The lowest BCUT2D eigenvalue weighted by molar-refractivity contribution is -0.126. The highest BCUT2D eigenvalue weighted by atomic mass is 16.1. The molecular formula is C9H14N2O2. The monoisotopic (exact) mass is 182 g/mol. The van der Waals surface area contributed by atoms with Crippen molar-refractivity contribution in [1.29, 1.82) is 5.41 Å². The van der Waals surface area contributed by atoms with E-state index in [2.05, 4.69) is 0 Å². The zero-order valence-corrected chi connectivity index (χ0v) is 7.91. The number of hydrogen-bond donors (Lipinski definition) is 1. The molecule has 4 nitrogen and oxygen atoms in total. The molecule has 0 spiro atoms. The summed E-state index contributed by atoms with van der Waals surface area (Å²) in [5.74, 6) is 0.288. The molecule has 1 amide bonds. The molecule has 2 atom stereocenters. The fraction of sp³-hybridized carbons (Fsp3) is 0.667. The minimum Gasteiger partial charge on any atom is -0.327 e. The second kappa shape index (κ2) is 3.28. The fourth-order valence-electron chi connectivity index (χ4n) is 1.92. The molecule has 1 saturated heterocycles. The average molecular weight is 182 g/mol. The number of carbonyl (C=O) groups excluding carboxylic acids is 2. The van der Waals surface area contributed by atoms with E-state index in [0.717, 1.165) is 0 Å². The van der Waals surface area contributed by atoms with E-state index < -0.39 is 5.54 Å². The van der Waals surface area contributed by atoms with Crippen molar-refractivity contribution in [2.45, 2.75) is 25.8 Å². The van der Waals surface area contributed by atoms with Gasteiger partial charge in [-0.3, -0.25) is 4.79 Å². The predicted molar refractivity (Wildman–Crippen MR) is 48.7 cm³/mol. The molecule has 1 aliphatic rings. The van der Waals surface area contributed by atoms with Crippen molar-refractivity contribution in [2.24, 2.45) is 5.92 Å². The number of carbonyl (C=O) groups is 2. The summed E-state index contributed by atoms with van der Waals surface area (Å²) in [6, 6.07) is 0. The van der Waals surface area contributed by atoms with Crippen LogP contribution in [0.5, 0.6) is 0 Å². The fourth-order valence-corrected chi connectivity index (χ4v) is 1.92. The molecule has 0 aromatic carbocycles. The van der Waals surface area contributed by atoms with Crippen LogP contribution in [0.2, 0.25) is 0 Å². The van der Waals surface area contributed by atoms with Gasteiger partial charge in [-0.1, -0.05) is 6.92 Å². The third kappa shape index (κ3) is 1.36. The lowest BCUT2D eigenvalue weighted by atomic mass is 9.90. The summed E-state index contributed by atoms with van der Waals surface area (Å²) in [4.78, 5) is 23.1. The van der Waals surface area contributed by atoms with Gasteiger partial charge in [0.1, 0.15) is 5.54 Å². The van der Waals surface area contributed by atoms with E-state index in [1.807, 2.05) is 6.92 Å². The first-order valence-corrected chi connectivity index (χ1v) is 4.31. The standard InChI is InChI=1S/C9H14N2O2/c1-7-3-9(5-12,8(2)10)11(4-7)6-13/h5-7,10H,3-4H2,1-2H3. The molecule has 0 radical (unpaired) electrons. The van der Waals surface area contributed by atoms with Gasteiger partial charge in [-0.2, -0.15) is 0 Å². The Balaban J connectivity index is 3.03. The first-order valence-electron chi connectivity index (χ1n) is 4.31. The molecule has 0 aromatic heterocycles. The van der Waals surface area contributed by atoms with Gasteiger partial charge in [0.2, 0.25) is 6.41 Å². The van der Waals surface area contributed by atoms with Crippen LogP contribution in [0.1, 0.15) is 20.3 Å². The minimum atomic E-state index is -0.957. The molecule has 1 heterocycles. The van der Waals surface area contributed by atoms with Crippen LogP contribution >= 0.6 is 0 Å². The van der Waals surface area contributed by atoms with Crippen LogP contribution in [0.4, 0.5) is 0 Å². The molecule has 0 aromatic rings. The quantitative estimate of drug-likeness (QED) is 0.509. The van der Waals surface area contributed by atoms with Crippen LogP contribution in [0.3, 0.4) is 0 Å². The minimum absolute atomic E-state index is 0.249. The zero-order chi connectivity index (χ0) is 10.1. The van der Waals surface area contributed by atoms with Crippen molar-refractivity contribution in [2.75, 3.05) is 6.54 Å². The van der Waals surface area contributed by atoms with Gasteiger partial charge in [-0.05, 0) is 19.3 Å². The molecule has 72 valence electrons. The Kier molecular flexibility index (Phi) is 2.50. The van der Waals surface area contributed by atoms with Crippen molar-refractivity contribution in [3.63, 3.8) is 0 Å². The molecular weight excluding hydrogens is 168 g/mol. The molecule has 4 heteroatoms. The SMILES string of the molecule is CC(=N)C1(C=O)CC(C)CN1C=O. The van der Waals surface area contributed by atoms with Crippen molar-refractivity contribution in [3.05, 3.63) is 0 Å². The number of hydrogen-bond acceptors (Lipinski definition) is 3. The molecule has 13 heavy (non-hydrogen) atoms. The van der Waals surface area contributed by atoms with E-state index >= 15 is 0 Å². The summed E-state index contributed by atoms with van der Waals surface area (Å²) in [5.41, 5.74) is -0.708. The maximum absolute atomic E-state index is 10.9. The number of likely N-dealkylation sites (tertiary alicyclic amines) is 1. The third-order valence-electron chi connectivity index (χ3n) is 2.65. The third-order valence-corrected chi connectivity index (χ3v) is 2.65. The molecule has 2 unspecified atom stereocenters. The van der Waals surface area contributed by atoms with Gasteiger partial charge < -0.3 is 15.1 Å². The number of rotatable bonds is 3. The number of nitrogens with zero attached hydrogens (tertiary/aromatic N) is 1. The Bertz CT molecular complexity index is 252. The summed E-state index contributed by atoms with van der Waals surface area (Å²) in [5, 5.41) is 7.53. The smallest absolute Gasteiger partial charge is 0.210 e. The van der Waals surface area contributed by atoms with Gasteiger partial charge in [0.25, 0.3) is 0 Å². The summed E-state index contributed by atoms with van der Waals surface area (Å²) in [7, 11) is 0. The second-order valence-electron chi connectivity index (χ2n) is 3.73. The molecule has 0 aliphatic carbocycles. The Labute approximate surface area is 77.4 Å². The second-order valence-corrected chi connectivity index (χ2v) is 3.73. The van der Waals surface area contributed by atoms with Crippen molar-refractivity contribution in [3.8, 4) is 0 Å². The summed E-state index contributed by atoms with van der Waals surface area (Å²) in [6.45, 7) is 4.12. The van der Waals surface area contributed by atoms with E-state index in [-0.39, 0.29) is 11.6 Å². The number of nitrogens with one attached hydrogen (secondary N) is 1. The Morgan fingerprint density at radius 1 is 1.62 bits per heavy atom. The number of amides is 1. The van der Waals surface area contributed by atoms with Gasteiger partial charge in [0, 0.05) is 12.3 Å². The lowest BCUT2D eigenvalue weighted by Crippen LogP contribution is -2.49. The predicted octanol–water partition coefficient (Wildman–Crippen LogP) is 0.462. The zero-order valence-electron chi connectivity index (χ0n) is 7.91. The molecule has 0 bridgehead atoms. The van der Waals surface area contributed by atoms with Crippen molar-refractivity contribution < 1.29 is 9.59 Å². The topological polar surface area (TPSA) is 61.2 Å². The van der Waals surface area contributed by atoms with E-state index in [1.54, 1.807) is 6.92 Å². The molecule has 1 fully saturated rings. The van der Waals surface area contributed by atoms with E-state index in [1.165, 1.54) is 4.90 Å². The molecule has 0 saturated carbocycles. The van der Waals surface area contributed by atoms with Gasteiger partial charge in [0.15, 0.2) is 6.29 Å². The van der Waals surface area contributed by atoms with Gasteiger partial charge in [0.05, 0.1) is 0 Å². The van der Waals surface area contributed by atoms with Crippen LogP contribution in [-0.4, -0.2) is 35.4 Å².